The molecule has 3 heterocycles. The number of hydrogen-bond acceptors (Lipinski definition) is 6. The van der Waals surface area contributed by atoms with Gasteiger partial charge in [0.15, 0.2) is 0 Å². The number of aliphatic imine (C=N–C) groups is 1. The zero-order chi connectivity index (χ0) is 15.6. The molecule has 1 aliphatic heterocycles. The monoisotopic (exact) mass is 305 g/mol. The Morgan fingerprint density at radius 1 is 1.00 bits per heavy atom. The summed E-state index contributed by atoms with van der Waals surface area (Å²) >= 11 is 0. The van der Waals surface area contributed by atoms with Crippen LogP contribution in [-0.4, -0.2) is 33.6 Å². The van der Waals surface area contributed by atoms with Crippen molar-refractivity contribution in [3.8, 4) is 23.0 Å². The van der Waals surface area contributed by atoms with E-state index in [0.29, 0.717) is 23.5 Å². The van der Waals surface area contributed by atoms with Crippen LogP contribution in [0, 0.1) is 0 Å². The van der Waals surface area contributed by atoms with Crippen molar-refractivity contribution in [3.05, 3.63) is 54.2 Å². The second kappa shape index (κ2) is 5.64. The molecule has 0 spiro atoms. The molecule has 1 N–H and O–H groups in total. The van der Waals surface area contributed by atoms with Gasteiger partial charge in [0.2, 0.25) is 5.89 Å². The highest BCUT2D eigenvalue weighted by Crippen LogP contribution is 2.23. The number of benzene rings is 1. The Hall–Kier alpha value is -3.02. The molecule has 0 amide bonds. The van der Waals surface area contributed by atoms with Gasteiger partial charge < -0.3 is 9.73 Å². The Morgan fingerprint density at radius 2 is 1.78 bits per heavy atom. The molecule has 23 heavy (non-hydrogen) atoms. The van der Waals surface area contributed by atoms with Crippen LogP contribution < -0.4 is 5.32 Å². The predicted octanol–water partition coefficient (Wildman–Crippen LogP) is 2.54. The average molecular weight is 305 g/mol. The van der Waals surface area contributed by atoms with Crippen LogP contribution in [-0.2, 0) is 0 Å². The molecule has 1 aliphatic rings. The Balaban J connectivity index is 1.58. The molecule has 4 rings (SSSR count). The molecule has 2 aromatic heterocycles. The summed E-state index contributed by atoms with van der Waals surface area (Å²) in [6, 6.07) is 13.9. The maximum Gasteiger partial charge on any atom is 0.266 e. The number of nitrogens with zero attached hydrogens (tertiary/aromatic N) is 4. The van der Waals surface area contributed by atoms with E-state index in [4.69, 9.17) is 4.42 Å². The minimum atomic E-state index is 0.390. The summed E-state index contributed by atoms with van der Waals surface area (Å²) in [6.07, 6.45) is 1.70. The summed E-state index contributed by atoms with van der Waals surface area (Å²) in [5, 5.41) is 11.5. The lowest BCUT2D eigenvalue weighted by atomic mass is 10.1. The van der Waals surface area contributed by atoms with Gasteiger partial charge in [-0.2, -0.15) is 0 Å². The van der Waals surface area contributed by atoms with Crippen molar-refractivity contribution in [2.75, 3.05) is 6.54 Å². The van der Waals surface area contributed by atoms with Crippen LogP contribution in [0.2, 0.25) is 0 Å². The fraction of sp³-hybridized carbons (Fsp3) is 0.176. The number of rotatable bonds is 3. The van der Waals surface area contributed by atoms with Crippen molar-refractivity contribution in [2.24, 2.45) is 4.99 Å². The summed E-state index contributed by atoms with van der Waals surface area (Å²) < 4.78 is 5.71. The van der Waals surface area contributed by atoms with E-state index in [1.54, 1.807) is 6.20 Å². The molecule has 0 bridgehead atoms. The van der Waals surface area contributed by atoms with Gasteiger partial charge in [0, 0.05) is 23.4 Å². The van der Waals surface area contributed by atoms with Gasteiger partial charge in [-0.05, 0) is 31.2 Å². The zero-order valence-electron chi connectivity index (χ0n) is 12.6. The van der Waals surface area contributed by atoms with E-state index < -0.39 is 0 Å². The number of nitrogens with one attached hydrogen (secondary N) is 1. The number of amidine groups is 1. The van der Waals surface area contributed by atoms with Gasteiger partial charge in [0.25, 0.3) is 5.89 Å². The first-order chi connectivity index (χ1) is 11.3. The fourth-order valence-electron chi connectivity index (χ4n) is 2.43. The Bertz CT molecular complexity index is 839. The van der Waals surface area contributed by atoms with Gasteiger partial charge in [-0.15, -0.1) is 10.2 Å². The molecule has 0 aliphatic carbocycles. The molecular formula is C17H15N5O. The van der Waals surface area contributed by atoms with E-state index in [2.05, 4.69) is 32.4 Å². The van der Waals surface area contributed by atoms with Crippen LogP contribution in [0.1, 0.15) is 12.5 Å². The first-order valence-corrected chi connectivity index (χ1v) is 7.46. The van der Waals surface area contributed by atoms with Crippen molar-refractivity contribution in [1.82, 2.24) is 20.5 Å². The molecule has 0 saturated carbocycles. The van der Waals surface area contributed by atoms with Gasteiger partial charge in [-0.25, -0.2) is 0 Å². The smallest absolute Gasteiger partial charge is 0.266 e. The fourth-order valence-corrected chi connectivity index (χ4v) is 2.43. The molecule has 114 valence electrons. The molecule has 3 aromatic rings. The Kier molecular flexibility index (Phi) is 3.34. The summed E-state index contributed by atoms with van der Waals surface area (Å²) in [4.78, 5) is 8.69. The average Bonchev–Trinajstić information content (AvgIpc) is 3.25. The summed E-state index contributed by atoms with van der Waals surface area (Å²) in [5.74, 6) is 1.83. The van der Waals surface area contributed by atoms with Crippen molar-refractivity contribution in [2.45, 2.75) is 13.0 Å². The van der Waals surface area contributed by atoms with Crippen molar-refractivity contribution in [3.63, 3.8) is 0 Å². The molecular weight excluding hydrogens is 290 g/mol. The third-order valence-electron chi connectivity index (χ3n) is 3.62. The third-order valence-corrected chi connectivity index (χ3v) is 3.62. The van der Waals surface area contributed by atoms with Crippen LogP contribution in [0.4, 0.5) is 0 Å². The standard InChI is InChI=1S/C17H15N5O/c1-11-10-19-15(20-11)12-5-7-13(8-6-12)16-21-22-17(23-16)14-4-2-3-9-18-14/h2-9,11H,10H2,1H3,(H,19,20). The van der Waals surface area contributed by atoms with Crippen LogP contribution >= 0.6 is 0 Å². The molecule has 1 aromatic carbocycles. The number of aromatic nitrogens is 3. The van der Waals surface area contributed by atoms with Crippen molar-refractivity contribution < 1.29 is 4.42 Å². The maximum absolute atomic E-state index is 5.71. The quantitative estimate of drug-likeness (QED) is 0.804. The minimum absolute atomic E-state index is 0.390. The molecule has 0 saturated heterocycles. The van der Waals surface area contributed by atoms with E-state index in [1.807, 2.05) is 42.5 Å². The molecule has 1 atom stereocenters. The van der Waals surface area contributed by atoms with Crippen LogP contribution in [0.25, 0.3) is 23.0 Å². The van der Waals surface area contributed by atoms with Gasteiger partial charge in [-0.1, -0.05) is 18.2 Å². The lowest BCUT2D eigenvalue weighted by Crippen LogP contribution is -2.27. The van der Waals surface area contributed by atoms with Crippen LogP contribution in [0.15, 0.2) is 58.1 Å². The number of pyridine rings is 1. The van der Waals surface area contributed by atoms with E-state index in [9.17, 15) is 0 Å². The SMILES string of the molecule is CC1CN=C(c2ccc(-c3nnc(-c4ccccn4)o3)cc2)N1. The Morgan fingerprint density at radius 3 is 2.48 bits per heavy atom. The third kappa shape index (κ3) is 2.70. The van der Waals surface area contributed by atoms with E-state index in [-0.39, 0.29) is 0 Å². The highest BCUT2D eigenvalue weighted by atomic mass is 16.4. The lowest BCUT2D eigenvalue weighted by molar-refractivity contribution is 0.582. The van der Waals surface area contributed by atoms with Crippen LogP contribution in [0.3, 0.4) is 0 Å². The molecule has 0 radical (unpaired) electrons. The Labute approximate surface area is 133 Å². The topological polar surface area (TPSA) is 76.2 Å². The summed E-state index contributed by atoms with van der Waals surface area (Å²) in [7, 11) is 0. The van der Waals surface area contributed by atoms with E-state index >= 15 is 0 Å². The van der Waals surface area contributed by atoms with E-state index in [1.165, 1.54) is 0 Å². The van der Waals surface area contributed by atoms with Gasteiger partial charge in [0.1, 0.15) is 11.5 Å². The normalized spacial score (nSPS) is 16.9. The number of hydrogen-bond donors (Lipinski definition) is 1. The van der Waals surface area contributed by atoms with Gasteiger partial charge in [0.05, 0.1) is 6.54 Å². The van der Waals surface area contributed by atoms with E-state index in [0.717, 1.165) is 23.5 Å². The van der Waals surface area contributed by atoms with Crippen molar-refractivity contribution >= 4 is 5.84 Å². The van der Waals surface area contributed by atoms with Crippen molar-refractivity contribution in [1.29, 1.82) is 0 Å². The van der Waals surface area contributed by atoms with Gasteiger partial charge in [-0.3, -0.25) is 9.98 Å². The summed E-state index contributed by atoms with van der Waals surface area (Å²) in [5.41, 5.74) is 2.60. The van der Waals surface area contributed by atoms with Gasteiger partial charge >= 0.3 is 0 Å². The largest absolute Gasteiger partial charge is 0.415 e. The second-order valence-electron chi connectivity index (χ2n) is 5.44. The predicted molar refractivity (Wildman–Crippen MR) is 87.0 cm³/mol. The highest BCUT2D eigenvalue weighted by Gasteiger charge is 2.15. The lowest BCUT2D eigenvalue weighted by Gasteiger charge is -2.06. The highest BCUT2D eigenvalue weighted by molar-refractivity contribution is 6.00. The maximum atomic E-state index is 5.71. The second-order valence-corrected chi connectivity index (χ2v) is 5.44. The molecule has 0 fully saturated rings. The molecule has 6 heteroatoms. The zero-order valence-corrected chi connectivity index (χ0v) is 12.6. The molecule has 6 nitrogen and oxygen atoms in total. The molecule has 1 unspecified atom stereocenters. The summed E-state index contributed by atoms with van der Waals surface area (Å²) in [6.45, 7) is 2.93. The minimum Gasteiger partial charge on any atom is -0.415 e. The van der Waals surface area contributed by atoms with Crippen LogP contribution in [0.5, 0.6) is 0 Å². The first-order valence-electron chi connectivity index (χ1n) is 7.46. The first kappa shape index (κ1) is 13.6.